The third kappa shape index (κ3) is 6.49. The van der Waals surface area contributed by atoms with Crippen molar-refractivity contribution in [2.75, 3.05) is 0 Å². The molecule has 0 atom stereocenters. The molecule has 0 bridgehead atoms. The molecular weight excluding hydrogens is 367 g/mol. The molecule has 0 spiro atoms. The first-order valence-corrected chi connectivity index (χ1v) is 11.0. The zero-order valence-electron chi connectivity index (χ0n) is 15.9. The SMILES string of the molecule is CC(C)(C)c1cc(CCC[Se]CCC(=O)O)cc(C(C)(C)C)c1O. The van der Waals surface area contributed by atoms with Crippen LogP contribution in [-0.4, -0.2) is 31.1 Å². The molecule has 0 aromatic heterocycles. The van der Waals surface area contributed by atoms with Gasteiger partial charge in [0, 0.05) is 0 Å². The molecule has 1 aromatic rings. The molecule has 0 aliphatic carbocycles. The van der Waals surface area contributed by atoms with Crippen LogP contribution in [0.3, 0.4) is 0 Å². The summed E-state index contributed by atoms with van der Waals surface area (Å²) in [6, 6.07) is 4.30. The molecular formula is C20H32O3Se. The number of phenols is 1. The topological polar surface area (TPSA) is 57.5 Å². The molecule has 0 amide bonds. The molecule has 3 nitrogen and oxygen atoms in total. The van der Waals surface area contributed by atoms with Crippen molar-refractivity contribution in [1.29, 1.82) is 0 Å². The van der Waals surface area contributed by atoms with Crippen molar-refractivity contribution in [3.05, 3.63) is 28.8 Å². The number of aryl methyl sites for hydroxylation is 1. The molecule has 0 fully saturated rings. The summed E-state index contributed by atoms with van der Waals surface area (Å²) < 4.78 is 0. The van der Waals surface area contributed by atoms with Crippen LogP contribution in [0.4, 0.5) is 0 Å². The third-order valence-corrected chi connectivity index (χ3v) is 6.25. The van der Waals surface area contributed by atoms with Crippen molar-refractivity contribution in [3.8, 4) is 5.75 Å². The van der Waals surface area contributed by atoms with Crippen molar-refractivity contribution >= 4 is 20.9 Å². The number of carboxylic acids is 1. The van der Waals surface area contributed by atoms with Gasteiger partial charge < -0.3 is 0 Å². The van der Waals surface area contributed by atoms with Crippen LogP contribution in [0.15, 0.2) is 12.1 Å². The fourth-order valence-electron chi connectivity index (χ4n) is 2.62. The van der Waals surface area contributed by atoms with E-state index < -0.39 is 5.97 Å². The second-order valence-corrected chi connectivity index (χ2v) is 11.0. The monoisotopic (exact) mass is 400 g/mol. The average Bonchev–Trinajstić information content (AvgIpc) is 2.41. The summed E-state index contributed by atoms with van der Waals surface area (Å²) in [5.41, 5.74) is 3.12. The van der Waals surface area contributed by atoms with Crippen LogP contribution in [-0.2, 0) is 22.0 Å². The molecule has 0 saturated carbocycles. The van der Waals surface area contributed by atoms with Gasteiger partial charge in [0.1, 0.15) is 0 Å². The van der Waals surface area contributed by atoms with Crippen molar-refractivity contribution in [1.82, 2.24) is 0 Å². The first-order chi connectivity index (χ1) is 10.9. The molecule has 0 aliphatic heterocycles. The maximum absolute atomic E-state index is 10.7. The van der Waals surface area contributed by atoms with Crippen molar-refractivity contribution in [2.24, 2.45) is 0 Å². The quantitative estimate of drug-likeness (QED) is 0.505. The fraction of sp³-hybridized carbons (Fsp3) is 0.650. The molecule has 1 aromatic carbocycles. The number of carboxylic acid groups (broad SMARTS) is 1. The second kappa shape index (κ2) is 8.40. The standard InChI is InChI=1S/C20H32O3Se/c1-19(2,3)15-12-14(8-7-10-24-11-9-17(21)22)13-16(18(15)23)20(4,5)6/h12-13,23H,7-11H2,1-6H3,(H,21,22). The summed E-state index contributed by atoms with van der Waals surface area (Å²) in [5.74, 6) is -0.260. The number of rotatable bonds is 7. The molecule has 4 heteroatoms. The number of hydrogen-bond acceptors (Lipinski definition) is 2. The van der Waals surface area contributed by atoms with Crippen molar-refractivity contribution in [2.45, 2.75) is 82.3 Å². The Kier molecular flexibility index (Phi) is 7.37. The van der Waals surface area contributed by atoms with E-state index in [1.807, 2.05) is 0 Å². The van der Waals surface area contributed by atoms with Crippen LogP contribution < -0.4 is 0 Å². The van der Waals surface area contributed by atoms with Gasteiger partial charge in [-0.25, -0.2) is 0 Å². The van der Waals surface area contributed by atoms with Gasteiger partial charge >= 0.3 is 153 Å². The molecule has 136 valence electrons. The van der Waals surface area contributed by atoms with Gasteiger partial charge in [-0.05, 0) is 0 Å². The number of aliphatic carboxylic acids is 1. The fourth-order valence-corrected chi connectivity index (χ4v) is 4.45. The van der Waals surface area contributed by atoms with E-state index in [4.69, 9.17) is 5.11 Å². The van der Waals surface area contributed by atoms with Crippen LogP contribution >= 0.6 is 0 Å². The van der Waals surface area contributed by atoms with E-state index in [0.29, 0.717) is 27.1 Å². The Hall–Kier alpha value is -0.991. The second-order valence-electron chi connectivity index (χ2n) is 8.40. The summed E-state index contributed by atoms with van der Waals surface area (Å²) in [5, 5.41) is 21.3. The number of hydrogen-bond donors (Lipinski definition) is 2. The predicted molar refractivity (Wildman–Crippen MR) is 101 cm³/mol. The summed E-state index contributed by atoms with van der Waals surface area (Å²) >= 11 is 0.412. The Bertz CT molecular complexity index is 530. The van der Waals surface area contributed by atoms with E-state index >= 15 is 0 Å². The van der Waals surface area contributed by atoms with Crippen LogP contribution in [0.25, 0.3) is 0 Å². The van der Waals surface area contributed by atoms with Gasteiger partial charge in [-0.3, -0.25) is 0 Å². The zero-order chi connectivity index (χ0) is 18.5. The Balaban J connectivity index is 2.86. The van der Waals surface area contributed by atoms with E-state index in [1.165, 1.54) is 5.56 Å². The van der Waals surface area contributed by atoms with Crippen LogP contribution in [0.1, 0.15) is 71.1 Å². The Morgan fingerprint density at radius 3 is 1.92 bits per heavy atom. The molecule has 0 aliphatic rings. The third-order valence-electron chi connectivity index (χ3n) is 4.00. The number of carbonyl (C=O) groups is 1. The summed E-state index contributed by atoms with van der Waals surface area (Å²) in [7, 11) is 0. The molecule has 0 unspecified atom stereocenters. The van der Waals surface area contributed by atoms with E-state index in [2.05, 4.69) is 53.7 Å². The zero-order valence-corrected chi connectivity index (χ0v) is 17.6. The van der Waals surface area contributed by atoms with Gasteiger partial charge in [-0.1, -0.05) is 0 Å². The van der Waals surface area contributed by atoms with Gasteiger partial charge in [0.15, 0.2) is 0 Å². The molecule has 0 radical (unpaired) electrons. The number of benzene rings is 1. The van der Waals surface area contributed by atoms with Gasteiger partial charge in [-0.2, -0.15) is 0 Å². The molecule has 24 heavy (non-hydrogen) atoms. The maximum atomic E-state index is 10.7. The average molecular weight is 399 g/mol. The molecule has 1 rings (SSSR count). The van der Waals surface area contributed by atoms with Gasteiger partial charge in [0.05, 0.1) is 0 Å². The minimum absolute atomic E-state index is 0.0917. The van der Waals surface area contributed by atoms with E-state index in [9.17, 15) is 9.90 Å². The van der Waals surface area contributed by atoms with Gasteiger partial charge in [-0.15, -0.1) is 0 Å². The first kappa shape index (κ1) is 21.1. The van der Waals surface area contributed by atoms with Crippen LogP contribution in [0, 0.1) is 0 Å². The number of aromatic hydroxyl groups is 1. The molecule has 0 saturated heterocycles. The molecule has 0 heterocycles. The Morgan fingerprint density at radius 2 is 1.50 bits per heavy atom. The normalized spacial score (nSPS) is 12.4. The summed E-state index contributed by atoms with van der Waals surface area (Å²) in [6.07, 6.45) is 2.36. The van der Waals surface area contributed by atoms with Gasteiger partial charge in [0.2, 0.25) is 0 Å². The number of phenolic OH excluding ortho intramolecular Hbond substituents is 1. The predicted octanol–water partition coefficient (Wildman–Crippen LogP) is 4.94. The summed E-state index contributed by atoms with van der Waals surface area (Å²) in [6.45, 7) is 12.8. The van der Waals surface area contributed by atoms with Crippen LogP contribution in [0.2, 0.25) is 10.6 Å². The van der Waals surface area contributed by atoms with Crippen molar-refractivity contribution < 1.29 is 15.0 Å². The Labute approximate surface area is 153 Å². The van der Waals surface area contributed by atoms with E-state index in [-0.39, 0.29) is 10.8 Å². The van der Waals surface area contributed by atoms with E-state index in [0.717, 1.165) is 34.6 Å². The Morgan fingerprint density at radius 1 is 1.00 bits per heavy atom. The summed E-state index contributed by atoms with van der Waals surface area (Å²) in [4.78, 5) is 10.5. The van der Waals surface area contributed by atoms with Gasteiger partial charge in [0.25, 0.3) is 0 Å². The van der Waals surface area contributed by atoms with Crippen LogP contribution in [0.5, 0.6) is 5.75 Å². The minimum atomic E-state index is -0.694. The first-order valence-electron chi connectivity index (χ1n) is 8.59. The molecule has 2 N–H and O–H groups in total. The van der Waals surface area contributed by atoms with E-state index in [1.54, 1.807) is 0 Å². The van der Waals surface area contributed by atoms with Crippen molar-refractivity contribution in [3.63, 3.8) is 0 Å².